The van der Waals surface area contributed by atoms with Crippen LogP contribution in [0.3, 0.4) is 0 Å². The first-order valence-electron chi connectivity index (χ1n) is 10.00. The Balaban J connectivity index is 1.61. The highest BCUT2D eigenvalue weighted by Gasteiger charge is 2.52. The third kappa shape index (κ3) is 2.99. The van der Waals surface area contributed by atoms with E-state index >= 15 is 0 Å². The number of carbonyl (C=O) groups is 2. The normalized spacial score (nSPS) is 23.3. The Hall–Kier alpha value is -2.54. The van der Waals surface area contributed by atoms with E-state index < -0.39 is 5.66 Å². The van der Waals surface area contributed by atoms with Gasteiger partial charge < -0.3 is 5.32 Å². The molecule has 0 bridgehead atoms. The predicted octanol–water partition coefficient (Wildman–Crippen LogP) is 4.54. The lowest BCUT2D eigenvalue weighted by Crippen LogP contribution is -2.67. The number of hydrogen-bond donors (Lipinski definition) is 1. The number of hydrogen-bond acceptors (Lipinski definition) is 4. The van der Waals surface area contributed by atoms with Crippen LogP contribution in [0.5, 0.6) is 0 Å². The van der Waals surface area contributed by atoms with Crippen molar-refractivity contribution < 1.29 is 14.0 Å². The van der Waals surface area contributed by atoms with Gasteiger partial charge in [-0.3, -0.25) is 9.59 Å². The number of nitrogens with zero attached hydrogens (tertiary/aromatic N) is 2. The van der Waals surface area contributed by atoms with E-state index in [0.29, 0.717) is 11.3 Å². The maximum Gasteiger partial charge on any atom is 0.276 e. The zero-order valence-electron chi connectivity index (χ0n) is 15.9. The number of rotatable bonds is 2. The molecule has 2 aromatic rings. The van der Waals surface area contributed by atoms with Crippen LogP contribution in [-0.4, -0.2) is 33.2 Å². The zero-order valence-corrected chi connectivity index (χ0v) is 16.8. The van der Waals surface area contributed by atoms with Crippen LogP contribution in [0, 0.1) is 5.82 Å². The number of fused-ring (bicyclic) bond motifs is 1. The van der Waals surface area contributed by atoms with E-state index in [1.807, 2.05) is 18.2 Å². The van der Waals surface area contributed by atoms with Crippen molar-refractivity contribution in [3.63, 3.8) is 0 Å². The van der Waals surface area contributed by atoms with Gasteiger partial charge in [0.2, 0.25) is 0 Å². The summed E-state index contributed by atoms with van der Waals surface area (Å²) < 4.78 is 13.5. The molecule has 1 N–H and O–H groups in total. The Morgan fingerprint density at radius 2 is 1.72 bits per heavy atom. The molecule has 2 amide bonds. The van der Waals surface area contributed by atoms with Crippen LogP contribution in [0.2, 0.25) is 0 Å². The van der Waals surface area contributed by atoms with Crippen molar-refractivity contribution in [3.05, 3.63) is 65.5 Å². The molecule has 1 unspecified atom stereocenters. The summed E-state index contributed by atoms with van der Waals surface area (Å²) in [5.41, 5.74) is 1.61. The van der Waals surface area contributed by atoms with Crippen molar-refractivity contribution in [1.82, 2.24) is 10.0 Å². The number of anilines is 1. The van der Waals surface area contributed by atoms with Gasteiger partial charge in [0, 0.05) is 5.69 Å². The summed E-state index contributed by atoms with van der Waals surface area (Å²) in [6.45, 7) is 0. The third-order valence-corrected chi connectivity index (χ3v) is 7.22. The molecular formula is C22H22FN3O2S. The molecular weight excluding hydrogens is 389 g/mol. The fourth-order valence-corrected chi connectivity index (χ4v) is 5.80. The van der Waals surface area contributed by atoms with Crippen LogP contribution in [0.1, 0.15) is 53.4 Å². The maximum atomic E-state index is 13.7. The molecule has 150 valence electrons. The minimum absolute atomic E-state index is 0.0937. The quantitative estimate of drug-likeness (QED) is 0.788. The van der Waals surface area contributed by atoms with E-state index in [0.717, 1.165) is 43.4 Å². The predicted molar refractivity (Wildman–Crippen MR) is 110 cm³/mol. The second-order valence-electron chi connectivity index (χ2n) is 7.83. The van der Waals surface area contributed by atoms with E-state index in [2.05, 4.69) is 5.32 Å². The summed E-state index contributed by atoms with van der Waals surface area (Å²) in [7, 11) is 0. The van der Waals surface area contributed by atoms with Gasteiger partial charge >= 0.3 is 0 Å². The van der Waals surface area contributed by atoms with Crippen LogP contribution >= 0.6 is 11.8 Å². The van der Waals surface area contributed by atoms with Crippen LogP contribution in [0.4, 0.5) is 10.1 Å². The van der Waals surface area contributed by atoms with Gasteiger partial charge in [0.05, 0.1) is 11.3 Å². The molecule has 1 saturated heterocycles. The van der Waals surface area contributed by atoms with Crippen molar-refractivity contribution in [3.8, 4) is 0 Å². The largest absolute Gasteiger partial charge is 0.361 e. The highest BCUT2D eigenvalue weighted by atomic mass is 32.2. The Morgan fingerprint density at radius 3 is 2.48 bits per heavy atom. The molecule has 2 aromatic carbocycles. The van der Waals surface area contributed by atoms with Crippen LogP contribution < -0.4 is 5.32 Å². The summed E-state index contributed by atoms with van der Waals surface area (Å²) in [6, 6.07) is 13.7. The highest BCUT2D eigenvalue weighted by Crippen LogP contribution is 2.47. The molecule has 1 atom stereocenters. The number of carbonyl (C=O) groups excluding carboxylic acids is 2. The van der Waals surface area contributed by atoms with Crippen LogP contribution in [-0.2, 0) is 4.79 Å². The van der Waals surface area contributed by atoms with E-state index in [1.54, 1.807) is 28.2 Å². The van der Waals surface area contributed by atoms with Crippen molar-refractivity contribution in [1.29, 1.82) is 0 Å². The number of hydrazine groups is 1. The average molecular weight is 412 g/mol. The molecule has 29 heavy (non-hydrogen) atoms. The summed E-state index contributed by atoms with van der Waals surface area (Å²) in [5, 5.41) is 6.57. The van der Waals surface area contributed by atoms with Crippen LogP contribution in [0.15, 0.2) is 48.5 Å². The van der Waals surface area contributed by atoms with Gasteiger partial charge in [0.15, 0.2) is 0 Å². The Bertz CT molecular complexity index is 959. The number of benzene rings is 2. The average Bonchev–Trinajstić information content (AvgIpc) is 3.10. The van der Waals surface area contributed by atoms with Gasteiger partial charge in [0.25, 0.3) is 11.8 Å². The van der Waals surface area contributed by atoms with Crippen molar-refractivity contribution in [2.75, 3.05) is 11.1 Å². The summed E-state index contributed by atoms with van der Waals surface area (Å²) in [5.74, 6) is -0.264. The molecule has 7 heteroatoms. The minimum atomic E-state index is -0.609. The summed E-state index contributed by atoms with van der Waals surface area (Å²) in [6.07, 6.45) is 4.69. The number of halogens is 1. The first-order valence-corrected chi connectivity index (χ1v) is 11.0. The smallest absolute Gasteiger partial charge is 0.276 e. The third-order valence-electron chi connectivity index (χ3n) is 6.02. The van der Waals surface area contributed by atoms with Gasteiger partial charge in [0.1, 0.15) is 16.9 Å². The molecule has 2 aliphatic heterocycles. The minimum Gasteiger partial charge on any atom is -0.361 e. The second-order valence-corrected chi connectivity index (χ2v) is 8.90. The molecule has 1 spiro atoms. The number of thioether (sulfide) groups is 1. The van der Waals surface area contributed by atoms with Gasteiger partial charge in [-0.15, -0.1) is 11.8 Å². The fourth-order valence-electron chi connectivity index (χ4n) is 4.67. The maximum absolute atomic E-state index is 13.7. The number of nitrogens with one attached hydrogen (secondary N) is 1. The topological polar surface area (TPSA) is 52.7 Å². The van der Waals surface area contributed by atoms with E-state index in [4.69, 9.17) is 0 Å². The molecule has 2 fully saturated rings. The molecule has 0 radical (unpaired) electrons. The zero-order chi connectivity index (χ0) is 20.0. The van der Waals surface area contributed by atoms with Crippen LogP contribution in [0.25, 0.3) is 0 Å². The Morgan fingerprint density at radius 1 is 1.00 bits per heavy atom. The molecule has 3 aliphatic rings. The van der Waals surface area contributed by atoms with E-state index in [1.165, 1.54) is 23.9 Å². The van der Waals surface area contributed by atoms with Crippen molar-refractivity contribution in [2.45, 2.75) is 43.1 Å². The molecule has 2 heterocycles. The summed E-state index contributed by atoms with van der Waals surface area (Å²) in [4.78, 5) is 26.7. The molecule has 0 aromatic heterocycles. The van der Waals surface area contributed by atoms with E-state index in [-0.39, 0.29) is 23.0 Å². The highest BCUT2D eigenvalue weighted by molar-refractivity contribution is 8.00. The van der Waals surface area contributed by atoms with Gasteiger partial charge in [-0.05, 0) is 55.5 Å². The fraction of sp³-hybridized carbons (Fsp3) is 0.364. The first-order chi connectivity index (χ1) is 14.1. The Labute approximate surface area is 173 Å². The monoisotopic (exact) mass is 411 g/mol. The van der Waals surface area contributed by atoms with Gasteiger partial charge in [-0.25, -0.2) is 14.4 Å². The lowest BCUT2D eigenvalue weighted by Gasteiger charge is -2.53. The number of amides is 2. The Kier molecular flexibility index (Phi) is 4.50. The first kappa shape index (κ1) is 18.5. The second kappa shape index (κ2) is 7.06. The lowest BCUT2D eigenvalue weighted by molar-refractivity contribution is -0.153. The molecule has 5 rings (SSSR count). The van der Waals surface area contributed by atoms with Crippen molar-refractivity contribution in [2.24, 2.45) is 0 Å². The van der Waals surface area contributed by atoms with Gasteiger partial charge in [-0.2, -0.15) is 0 Å². The lowest BCUT2D eigenvalue weighted by atomic mass is 9.85. The standard InChI is InChI=1S/C22H22FN3O2S/c23-16-10-8-15(9-11-16)21-25(19(27)14-29-21)26-20(28)17-6-2-3-7-18(17)24-22(26)12-4-1-5-13-22/h2-3,6-11,21,24H,1,4-5,12-14H2. The molecule has 5 nitrogen and oxygen atoms in total. The molecule has 1 aliphatic carbocycles. The SMILES string of the molecule is O=C1CSC(c2ccc(F)cc2)N1N1C(=O)c2ccccc2NC12CCCCC2. The summed E-state index contributed by atoms with van der Waals surface area (Å²) >= 11 is 1.47. The van der Waals surface area contributed by atoms with Gasteiger partial charge in [-0.1, -0.05) is 30.7 Å². The molecule has 1 saturated carbocycles. The number of para-hydroxylation sites is 1. The van der Waals surface area contributed by atoms with Crippen molar-refractivity contribution >= 4 is 29.3 Å². The van der Waals surface area contributed by atoms with E-state index in [9.17, 15) is 14.0 Å².